The van der Waals surface area contributed by atoms with E-state index in [-0.39, 0.29) is 0 Å². The molecule has 0 bridgehead atoms. The zero-order valence-corrected chi connectivity index (χ0v) is 36.2. The number of anilines is 3. The lowest BCUT2D eigenvalue weighted by Crippen LogP contribution is -2.09. The van der Waals surface area contributed by atoms with Crippen LogP contribution in [0.2, 0.25) is 0 Å². The largest absolute Gasteiger partial charge is 0.456 e. The average Bonchev–Trinajstić information content (AvgIpc) is 3.78. The maximum absolute atomic E-state index is 6.27. The molecule has 2 heteroatoms. The average molecular weight is 842 g/mol. The number of para-hydroxylation sites is 1. The summed E-state index contributed by atoms with van der Waals surface area (Å²) in [7, 11) is 0. The first-order valence-corrected chi connectivity index (χ1v) is 22.6. The van der Waals surface area contributed by atoms with Crippen molar-refractivity contribution in [2.75, 3.05) is 4.90 Å². The highest BCUT2D eigenvalue weighted by molar-refractivity contribution is 6.06. The summed E-state index contributed by atoms with van der Waals surface area (Å²) in [6, 6.07) is 93.9. The zero-order valence-electron chi connectivity index (χ0n) is 36.2. The Morgan fingerprint density at radius 1 is 0.227 bits per heavy atom. The Kier molecular flexibility index (Phi) is 9.89. The molecule has 0 spiro atoms. The molecule has 0 unspecified atom stereocenters. The van der Waals surface area contributed by atoms with E-state index in [2.05, 4.69) is 254 Å². The summed E-state index contributed by atoms with van der Waals surface area (Å²) in [5, 5.41) is 4.75. The predicted octanol–water partition coefficient (Wildman–Crippen LogP) is 18.2. The molecule has 1 heterocycles. The topological polar surface area (TPSA) is 16.4 Å². The minimum Gasteiger partial charge on any atom is -0.456 e. The molecule has 0 N–H and O–H groups in total. The van der Waals surface area contributed by atoms with Crippen LogP contribution in [-0.2, 0) is 0 Å². The number of hydrogen-bond acceptors (Lipinski definition) is 2. The maximum Gasteiger partial charge on any atom is 0.136 e. The van der Waals surface area contributed by atoms with E-state index in [1.165, 1.54) is 60.8 Å². The van der Waals surface area contributed by atoms with Crippen molar-refractivity contribution in [3.8, 4) is 66.8 Å². The van der Waals surface area contributed by atoms with Gasteiger partial charge in [-0.3, -0.25) is 0 Å². The van der Waals surface area contributed by atoms with Crippen molar-refractivity contribution in [2.24, 2.45) is 0 Å². The van der Waals surface area contributed by atoms with E-state index in [4.69, 9.17) is 4.42 Å². The van der Waals surface area contributed by atoms with Crippen molar-refractivity contribution in [3.05, 3.63) is 261 Å². The summed E-state index contributed by atoms with van der Waals surface area (Å²) in [5.74, 6) is 0. The van der Waals surface area contributed by atoms with Crippen molar-refractivity contribution in [1.82, 2.24) is 0 Å². The standard InChI is InChI=1S/C64H43NO/c1-2-15-47(16-3-1)55-18-6-8-20-57(55)59-22-10-11-23-60(59)58-21-9-7-19-56(58)48-32-39-54(40-33-48)65(52-35-28-45(29-36-52)50-27-26-44-14-4-5-17-49(44)42-50)53-37-30-46(31-38-53)51-34-41-62-61-24-12-13-25-63(61)66-64(62)43-51/h1-43H. The monoisotopic (exact) mass is 841 g/mol. The van der Waals surface area contributed by atoms with Crippen LogP contribution in [0.1, 0.15) is 0 Å². The second kappa shape index (κ2) is 16.8. The third-order valence-corrected chi connectivity index (χ3v) is 12.9. The van der Waals surface area contributed by atoms with Crippen LogP contribution in [0.4, 0.5) is 17.1 Å². The van der Waals surface area contributed by atoms with Gasteiger partial charge in [0, 0.05) is 27.8 Å². The van der Waals surface area contributed by atoms with Crippen LogP contribution in [-0.4, -0.2) is 0 Å². The van der Waals surface area contributed by atoms with Crippen LogP contribution >= 0.6 is 0 Å². The maximum atomic E-state index is 6.27. The second-order valence-electron chi connectivity index (χ2n) is 16.8. The Bertz CT molecular complexity index is 3680. The number of benzene rings is 11. The highest BCUT2D eigenvalue weighted by Crippen LogP contribution is 2.43. The molecule has 0 saturated carbocycles. The molecule has 2 nitrogen and oxygen atoms in total. The van der Waals surface area contributed by atoms with Gasteiger partial charge in [0.05, 0.1) is 0 Å². The first-order valence-electron chi connectivity index (χ1n) is 22.6. The van der Waals surface area contributed by atoms with Gasteiger partial charge in [0.15, 0.2) is 0 Å². The molecule has 66 heavy (non-hydrogen) atoms. The number of fused-ring (bicyclic) bond motifs is 4. The summed E-state index contributed by atoms with van der Waals surface area (Å²) in [5.41, 5.74) is 19.2. The molecule has 0 amide bonds. The van der Waals surface area contributed by atoms with E-state index in [0.717, 1.165) is 55.7 Å². The van der Waals surface area contributed by atoms with Crippen LogP contribution in [0, 0.1) is 0 Å². The molecule has 0 atom stereocenters. The molecule has 0 fully saturated rings. The fourth-order valence-electron chi connectivity index (χ4n) is 9.63. The lowest BCUT2D eigenvalue weighted by Gasteiger charge is -2.26. The minimum atomic E-state index is 0.896. The Hall–Kier alpha value is -8.72. The fourth-order valence-corrected chi connectivity index (χ4v) is 9.63. The van der Waals surface area contributed by atoms with E-state index in [0.29, 0.717) is 0 Å². The number of furan rings is 1. The fraction of sp³-hybridized carbons (Fsp3) is 0. The molecule has 0 radical (unpaired) electrons. The van der Waals surface area contributed by atoms with Crippen molar-refractivity contribution >= 4 is 49.8 Å². The number of rotatable bonds is 9. The van der Waals surface area contributed by atoms with Gasteiger partial charge in [-0.05, 0) is 138 Å². The Morgan fingerprint density at radius 3 is 1.21 bits per heavy atom. The highest BCUT2D eigenvalue weighted by atomic mass is 16.3. The quantitative estimate of drug-likeness (QED) is 0.144. The normalized spacial score (nSPS) is 11.3. The SMILES string of the molecule is c1ccc(-c2ccccc2-c2ccccc2-c2ccccc2-c2ccc(N(c3ccc(-c4ccc5ccccc5c4)cc3)c3ccc(-c4ccc5c(c4)oc4ccccc45)cc3)cc2)cc1. The van der Waals surface area contributed by atoms with Crippen molar-refractivity contribution in [3.63, 3.8) is 0 Å². The first-order chi connectivity index (χ1) is 32.7. The van der Waals surface area contributed by atoms with Gasteiger partial charge in [-0.25, -0.2) is 0 Å². The molecule has 11 aromatic carbocycles. The summed E-state index contributed by atoms with van der Waals surface area (Å²) in [4.78, 5) is 2.35. The van der Waals surface area contributed by atoms with E-state index in [9.17, 15) is 0 Å². The lowest BCUT2D eigenvalue weighted by molar-refractivity contribution is 0.669. The van der Waals surface area contributed by atoms with Crippen LogP contribution in [0.15, 0.2) is 265 Å². The van der Waals surface area contributed by atoms with Crippen LogP contribution in [0.3, 0.4) is 0 Å². The van der Waals surface area contributed by atoms with E-state index in [1.807, 2.05) is 12.1 Å². The van der Waals surface area contributed by atoms with Gasteiger partial charge in [0.2, 0.25) is 0 Å². The molecule has 12 aromatic rings. The Labute approximate surface area is 384 Å². The van der Waals surface area contributed by atoms with Crippen LogP contribution in [0.25, 0.3) is 99.5 Å². The van der Waals surface area contributed by atoms with Crippen LogP contribution < -0.4 is 4.90 Å². The summed E-state index contributed by atoms with van der Waals surface area (Å²) in [6.45, 7) is 0. The van der Waals surface area contributed by atoms with E-state index < -0.39 is 0 Å². The first kappa shape index (κ1) is 38.9. The lowest BCUT2D eigenvalue weighted by atomic mass is 9.87. The molecule has 0 aliphatic heterocycles. The second-order valence-corrected chi connectivity index (χ2v) is 16.8. The van der Waals surface area contributed by atoms with Crippen molar-refractivity contribution < 1.29 is 4.42 Å². The van der Waals surface area contributed by atoms with Gasteiger partial charge in [-0.2, -0.15) is 0 Å². The summed E-state index contributed by atoms with van der Waals surface area (Å²) in [6.07, 6.45) is 0. The Balaban J connectivity index is 0.918. The van der Waals surface area contributed by atoms with Crippen molar-refractivity contribution in [2.45, 2.75) is 0 Å². The molecule has 0 aliphatic rings. The molecule has 12 rings (SSSR count). The molecule has 310 valence electrons. The Morgan fingerprint density at radius 2 is 0.621 bits per heavy atom. The minimum absolute atomic E-state index is 0.896. The third-order valence-electron chi connectivity index (χ3n) is 12.9. The van der Waals surface area contributed by atoms with Gasteiger partial charge in [0.1, 0.15) is 11.2 Å². The highest BCUT2D eigenvalue weighted by Gasteiger charge is 2.18. The summed E-state index contributed by atoms with van der Waals surface area (Å²) >= 11 is 0. The predicted molar refractivity (Wildman–Crippen MR) is 279 cm³/mol. The number of hydrogen-bond donors (Lipinski definition) is 0. The van der Waals surface area contributed by atoms with E-state index >= 15 is 0 Å². The van der Waals surface area contributed by atoms with Gasteiger partial charge >= 0.3 is 0 Å². The molecule has 1 aromatic heterocycles. The van der Waals surface area contributed by atoms with Gasteiger partial charge < -0.3 is 9.32 Å². The van der Waals surface area contributed by atoms with Gasteiger partial charge in [0.25, 0.3) is 0 Å². The van der Waals surface area contributed by atoms with Gasteiger partial charge in [-0.15, -0.1) is 0 Å². The third kappa shape index (κ3) is 7.21. The van der Waals surface area contributed by atoms with Crippen molar-refractivity contribution in [1.29, 1.82) is 0 Å². The molecular weight excluding hydrogens is 799 g/mol. The molecular formula is C64H43NO. The molecule has 0 aliphatic carbocycles. The van der Waals surface area contributed by atoms with Gasteiger partial charge in [-0.1, -0.05) is 200 Å². The van der Waals surface area contributed by atoms with E-state index in [1.54, 1.807) is 0 Å². The van der Waals surface area contributed by atoms with Crippen LogP contribution in [0.5, 0.6) is 0 Å². The summed E-state index contributed by atoms with van der Waals surface area (Å²) < 4.78 is 6.27. The zero-order chi connectivity index (χ0) is 43.8. The smallest absolute Gasteiger partial charge is 0.136 e. The number of nitrogens with zero attached hydrogens (tertiary/aromatic N) is 1. The molecule has 0 saturated heterocycles.